The van der Waals surface area contributed by atoms with Crippen LogP contribution in [0.1, 0.15) is 104 Å². The van der Waals surface area contributed by atoms with Crippen molar-refractivity contribution in [3.05, 3.63) is 87.4 Å². The van der Waals surface area contributed by atoms with Crippen molar-refractivity contribution in [1.29, 1.82) is 0 Å². The van der Waals surface area contributed by atoms with Gasteiger partial charge in [0.15, 0.2) is 5.78 Å². The number of rotatable bonds is 11. The molecular weight excluding hydrogens is 599 g/mol. The number of hydrogen-bond acceptors (Lipinski definition) is 7. The second-order valence-corrected chi connectivity index (χ2v) is 12.4. The van der Waals surface area contributed by atoms with Crippen LogP contribution >= 0.6 is 23.2 Å². The molecule has 0 saturated heterocycles. The Kier molecular flexibility index (Phi) is 9.93. The van der Waals surface area contributed by atoms with Crippen LogP contribution in [-0.2, 0) is 13.2 Å². The number of carbonyl (C=O) groups excluding carboxylic acids is 1. The fourth-order valence-electron chi connectivity index (χ4n) is 5.92. The maximum Gasteiger partial charge on any atom is 0.189 e. The number of hydrogen-bond donors (Lipinski definition) is 0. The van der Waals surface area contributed by atoms with Gasteiger partial charge in [0.1, 0.15) is 36.1 Å². The summed E-state index contributed by atoms with van der Waals surface area (Å²) in [5, 5.41) is 18.3. The summed E-state index contributed by atoms with van der Waals surface area (Å²) in [7, 11) is 0. The predicted octanol–water partition coefficient (Wildman–Crippen LogP) is 8.24. The van der Waals surface area contributed by atoms with E-state index in [1.807, 2.05) is 21.8 Å². The van der Waals surface area contributed by atoms with Crippen LogP contribution in [0, 0.1) is 0 Å². The van der Waals surface area contributed by atoms with Gasteiger partial charge >= 0.3 is 0 Å². The lowest BCUT2D eigenvalue weighted by atomic mass is 9.96. The van der Waals surface area contributed by atoms with E-state index in [0.29, 0.717) is 50.4 Å². The van der Waals surface area contributed by atoms with Gasteiger partial charge in [-0.25, -0.2) is 9.36 Å². The topological polar surface area (TPSA) is 97.0 Å². The van der Waals surface area contributed by atoms with Crippen molar-refractivity contribution in [3.8, 4) is 11.5 Å². The first-order valence-electron chi connectivity index (χ1n) is 15.4. The number of aromatic nitrogens is 6. The van der Waals surface area contributed by atoms with Gasteiger partial charge in [-0.15, -0.1) is 10.2 Å². The zero-order valence-corrected chi connectivity index (χ0v) is 26.1. The molecule has 0 atom stereocenters. The third-order valence-corrected chi connectivity index (χ3v) is 8.93. The van der Waals surface area contributed by atoms with Crippen molar-refractivity contribution in [2.75, 3.05) is 0 Å². The van der Waals surface area contributed by atoms with Gasteiger partial charge in [0.25, 0.3) is 0 Å². The Bertz CT molecular complexity index is 1600. The van der Waals surface area contributed by atoms with E-state index >= 15 is 0 Å². The molecule has 2 heterocycles. The third kappa shape index (κ3) is 7.68. The summed E-state index contributed by atoms with van der Waals surface area (Å²) >= 11 is 12.3. The Morgan fingerprint density at radius 3 is 2.02 bits per heavy atom. The van der Waals surface area contributed by atoms with Gasteiger partial charge < -0.3 is 9.47 Å². The Hall–Kier alpha value is -3.69. The zero-order chi connectivity index (χ0) is 30.3. The van der Waals surface area contributed by atoms with Crippen molar-refractivity contribution in [3.63, 3.8) is 0 Å². The van der Waals surface area contributed by atoms with Crippen LogP contribution in [0.4, 0.5) is 0 Å². The smallest absolute Gasteiger partial charge is 0.189 e. The summed E-state index contributed by atoms with van der Waals surface area (Å²) in [6.45, 7) is 0.420. The van der Waals surface area contributed by atoms with Crippen molar-refractivity contribution in [1.82, 2.24) is 30.0 Å². The van der Waals surface area contributed by atoms with Gasteiger partial charge in [-0.05, 0) is 67.7 Å². The average Bonchev–Trinajstić information content (AvgIpc) is 3.74. The van der Waals surface area contributed by atoms with Crippen molar-refractivity contribution in [2.45, 2.75) is 89.5 Å². The van der Waals surface area contributed by atoms with Gasteiger partial charge in [0, 0.05) is 16.1 Å². The molecule has 9 nitrogen and oxygen atoms in total. The molecule has 0 bridgehead atoms. The third-order valence-electron chi connectivity index (χ3n) is 8.37. The Labute approximate surface area is 267 Å². The lowest BCUT2D eigenvalue weighted by Gasteiger charge is -2.20. The first-order chi connectivity index (χ1) is 21.5. The summed E-state index contributed by atoms with van der Waals surface area (Å²) in [4.78, 5) is 13.4. The molecule has 0 radical (unpaired) electrons. The molecule has 0 unspecified atom stereocenters. The van der Waals surface area contributed by atoms with E-state index in [2.05, 4.69) is 20.6 Å². The largest absolute Gasteiger partial charge is 0.487 e. The van der Waals surface area contributed by atoms with Gasteiger partial charge in [0.05, 0.1) is 30.0 Å². The minimum atomic E-state index is -0.237. The van der Waals surface area contributed by atoms with Crippen LogP contribution < -0.4 is 9.47 Å². The standard InChI is InChI=1S/C33H36Cl2N6O3/c34-24-13-11-23(31(35)17-24)12-16-32(42)30-15-14-29(43-21-25-19-40(38-36-25)27-7-3-1-4-8-27)18-33(30)44-22-26-20-41(39-37-26)28-9-5-2-6-10-28/h11-20,27-28H,1-10,21-22H2/b16-12+. The summed E-state index contributed by atoms with van der Waals surface area (Å²) in [6, 6.07) is 11.1. The van der Waals surface area contributed by atoms with Crippen molar-refractivity contribution in [2.24, 2.45) is 0 Å². The number of allylic oxidation sites excluding steroid dienone is 1. The molecule has 0 amide bonds. The van der Waals surface area contributed by atoms with E-state index in [0.717, 1.165) is 31.4 Å². The van der Waals surface area contributed by atoms with Gasteiger partial charge in [0.2, 0.25) is 0 Å². The predicted molar refractivity (Wildman–Crippen MR) is 169 cm³/mol. The highest BCUT2D eigenvalue weighted by molar-refractivity contribution is 6.35. The molecule has 44 heavy (non-hydrogen) atoms. The molecule has 2 aliphatic carbocycles. The number of ether oxygens (including phenoxy) is 2. The summed E-state index contributed by atoms with van der Waals surface area (Å²) in [6.07, 6.45) is 19.0. The van der Waals surface area contributed by atoms with Crippen LogP contribution in [0.3, 0.4) is 0 Å². The fourth-order valence-corrected chi connectivity index (χ4v) is 6.39. The number of carbonyl (C=O) groups is 1. The highest BCUT2D eigenvalue weighted by atomic mass is 35.5. The molecule has 2 fully saturated rings. The molecule has 11 heteroatoms. The second kappa shape index (κ2) is 14.4. The number of nitrogens with zero attached hydrogens (tertiary/aromatic N) is 6. The molecule has 0 spiro atoms. The minimum absolute atomic E-state index is 0.166. The van der Waals surface area contributed by atoms with E-state index < -0.39 is 0 Å². The van der Waals surface area contributed by atoms with Crippen LogP contribution in [0.5, 0.6) is 11.5 Å². The van der Waals surface area contributed by atoms with Gasteiger partial charge in [-0.1, -0.05) is 78.2 Å². The Morgan fingerprint density at radius 2 is 1.41 bits per heavy atom. The van der Waals surface area contributed by atoms with E-state index in [1.54, 1.807) is 42.5 Å². The normalized spacial score (nSPS) is 16.4. The summed E-state index contributed by atoms with van der Waals surface area (Å²) < 4.78 is 16.2. The van der Waals surface area contributed by atoms with Gasteiger partial charge in [-0.3, -0.25) is 4.79 Å². The average molecular weight is 636 g/mol. The summed E-state index contributed by atoms with van der Waals surface area (Å²) in [5.41, 5.74) is 2.53. The van der Waals surface area contributed by atoms with Crippen LogP contribution in [0.25, 0.3) is 6.08 Å². The molecule has 2 aromatic heterocycles. The highest BCUT2D eigenvalue weighted by Crippen LogP contribution is 2.31. The monoisotopic (exact) mass is 634 g/mol. The van der Waals surface area contributed by atoms with Crippen LogP contribution in [0.2, 0.25) is 10.0 Å². The molecule has 2 aromatic carbocycles. The second-order valence-electron chi connectivity index (χ2n) is 11.6. The Balaban J connectivity index is 1.17. The molecule has 4 aromatic rings. The lowest BCUT2D eigenvalue weighted by Crippen LogP contribution is -2.13. The molecule has 230 valence electrons. The molecule has 0 N–H and O–H groups in total. The molecule has 2 saturated carbocycles. The van der Waals surface area contributed by atoms with Crippen LogP contribution in [-0.4, -0.2) is 35.8 Å². The first kappa shape index (κ1) is 30.3. The fraction of sp³-hybridized carbons (Fsp3) is 0.424. The van der Waals surface area contributed by atoms with Crippen molar-refractivity contribution >= 4 is 35.1 Å². The molecular formula is C33H36Cl2N6O3. The molecule has 6 rings (SSSR count). The minimum Gasteiger partial charge on any atom is -0.487 e. The van der Waals surface area contributed by atoms with Gasteiger partial charge in [-0.2, -0.15) is 0 Å². The van der Waals surface area contributed by atoms with Crippen LogP contribution in [0.15, 0.2) is 54.9 Å². The molecule has 0 aliphatic heterocycles. The lowest BCUT2D eigenvalue weighted by molar-refractivity contribution is 0.104. The van der Waals surface area contributed by atoms with E-state index in [-0.39, 0.29) is 19.0 Å². The maximum absolute atomic E-state index is 13.4. The first-order valence-corrected chi connectivity index (χ1v) is 16.2. The maximum atomic E-state index is 13.4. The summed E-state index contributed by atoms with van der Waals surface area (Å²) in [5.74, 6) is 0.704. The molecule has 2 aliphatic rings. The zero-order valence-electron chi connectivity index (χ0n) is 24.6. The SMILES string of the molecule is O=C(/C=C/c1ccc(Cl)cc1Cl)c1ccc(OCc2cn(C3CCCCC3)nn2)cc1OCc1cn(C2CCCCC2)nn1. The van der Waals surface area contributed by atoms with E-state index in [1.165, 1.54) is 44.6 Å². The number of halogens is 2. The quantitative estimate of drug-likeness (QED) is 0.121. The van der Waals surface area contributed by atoms with E-state index in [4.69, 9.17) is 32.7 Å². The Morgan fingerprint density at radius 1 is 0.795 bits per heavy atom. The van der Waals surface area contributed by atoms with E-state index in [9.17, 15) is 4.79 Å². The number of benzene rings is 2. The number of ketones is 1. The van der Waals surface area contributed by atoms with Crippen molar-refractivity contribution < 1.29 is 14.3 Å². The highest BCUT2D eigenvalue weighted by Gasteiger charge is 2.19.